The van der Waals surface area contributed by atoms with Crippen molar-refractivity contribution in [3.8, 4) is 11.1 Å². The highest BCUT2D eigenvalue weighted by Crippen LogP contribution is 2.43. The molecule has 1 fully saturated rings. The second-order valence-electron chi connectivity index (χ2n) is 6.33. The molecular formula is C17H21N5O3. The summed E-state index contributed by atoms with van der Waals surface area (Å²) in [5.41, 5.74) is 7.30. The lowest BCUT2D eigenvalue weighted by molar-refractivity contribution is -0.125. The molecule has 1 aliphatic carbocycles. The number of amides is 1. The van der Waals surface area contributed by atoms with Crippen molar-refractivity contribution in [2.75, 3.05) is 0 Å². The summed E-state index contributed by atoms with van der Waals surface area (Å²) in [6, 6.07) is 2.60. The number of aliphatic hydroxyl groups excluding tert-OH is 2. The summed E-state index contributed by atoms with van der Waals surface area (Å²) >= 11 is 0. The van der Waals surface area contributed by atoms with Crippen molar-refractivity contribution in [2.45, 2.75) is 44.1 Å². The molecular weight excluding hydrogens is 322 g/mol. The van der Waals surface area contributed by atoms with Crippen molar-refractivity contribution in [2.24, 2.45) is 5.73 Å². The van der Waals surface area contributed by atoms with E-state index >= 15 is 0 Å². The van der Waals surface area contributed by atoms with Crippen LogP contribution in [0.1, 0.15) is 31.3 Å². The molecule has 1 amide bonds. The van der Waals surface area contributed by atoms with Gasteiger partial charge in [0.2, 0.25) is 5.91 Å². The molecule has 0 saturated heterocycles. The Hall–Kier alpha value is -2.42. The lowest BCUT2D eigenvalue weighted by Crippen LogP contribution is -2.50. The van der Waals surface area contributed by atoms with E-state index in [0.29, 0.717) is 11.5 Å². The summed E-state index contributed by atoms with van der Waals surface area (Å²) in [4.78, 5) is 25.0. The first-order valence-electron chi connectivity index (χ1n) is 8.09. The van der Waals surface area contributed by atoms with E-state index in [1.54, 1.807) is 24.7 Å². The van der Waals surface area contributed by atoms with Crippen LogP contribution in [0.2, 0.25) is 0 Å². The number of carbonyl (C=O) groups excluding carboxylic acids is 1. The molecule has 2 heterocycles. The monoisotopic (exact) mass is 343 g/mol. The Morgan fingerprint density at radius 2 is 1.88 bits per heavy atom. The van der Waals surface area contributed by atoms with Gasteiger partial charge in [0.15, 0.2) is 5.82 Å². The standard InChI is InChI=1S/C17H21N5O3/c1-10(24)14(18)15(25)22-17(4-5-17)16-20-7-12(8-21-16)11-2-3-13(9-23)19-6-11/h2-3,6-8,10,14,23-24H,4-5,9,18H2,1H3,(H,22,25)/t10-,14+/m1/s1. The van der Waals surface area contributed by atoms with Gasteiger partial charge in [0.25, 0.3) is 0 Å². The first-order chi connectivity index (χ1) is 11.9. The van der Waals surface area contributed by atoms with E-state index in [-0.39, 0.29) is 6.61 Å². The van der Waals surface area contributed by atoms with Crippen molar-refractivity contribution in [3.05, 3.63) is 42.2 Å². The number of nitrogens with zero attached hydrogens (tertiary/aromatic N) is 3. The number of carbonyl (C=O) groups is 1. The SMILES string of the molecule is C[C@@H](O)[C@H](N)C(=O)NC1(c2ncc(-c3ccc(CO)nc3)cn2)CC1. The predicted molar refractivity (Wildman–Crippen MR) is 89.9 cm³/mol. The highest BCUT2D eigenvalue weighted by atomic mass is 16.3. The average molecular weight is 343 g/mol. The van der Waals surface area contributed by atoms with Gasteiger partial charge in [-0.25, -0.2) is 9.97 Å². The first kappa shape index (κ1) is 17.4. The second kappa shape index (κ2) is 6.83. The number of nitrogens with two attached hydrogens (primary N) is 1. The fraction of sp³-hybridized carbons (Fsp3) is 0.412. The van der Waals surface area contributed by atoms with E-state index in [4.69, 9.17) is 10.8 Å². The summed E-state index contributed by atoms with van der Waals surface area (Å²) in [5, 5.41) is 21.3. The largest absolute Gasteiger partial charge is 0.391 e. The summed E-state index contributed by atoms with van der Waals surface area (Å²) < 4.78 is 0. The van der Waals surface area contributed by atoms with Crippen molar-refractivity contribution >= 4 is 5.91 Å². The van der Waals surface area contributed by atoms with Gasteiger partial charge in [-0.15, -0.1) is 0 Å². The molecule has 0 radical (unpaired) electrons. The van der Waals surface area contributed by atoms with Gasteiger partial charge in [0, 0.05) is 29.7 Å². The molecule has 1 aliphatic rings. The van der Waals surface area contributed by atoms with Gasteiger partial charge < -0.3 is 21.3 Å². The third kappa shape index (κ3) is 3.65. The van der Waals surface area contributed by atoms with Gasteiger partial charge in [-0.1, -0.05) is 6.07 Å². The lowest BCUT2D eigenvalue weighted by atomic mass is 10.1. The number of rotatable bonds is 6. The minimum Gasteiger partial charge on any atom is -0.391 e. The molecule has 3 rings (SSSR count). The fourth-order valence-electron chi connectivity index (χ4n) is 2.48. The zero-order valence-electron chi connectivity index (χ0n) is 13.9. The maximum absolute atomic E-state index is 12.1. The van der Waals surface area contributed by atoms with Crippen LogP contribution >= 0.6 is 0 Å². The maximum atomic E-state index is 12.1. The summed E-state index contributed by atoms with van der Waals surface area (Å²) in [6.45, 7) is 1.37. The lowest BCUT2D eigenvalue weighted by Gasteiger charge is -2.20. The Kier molecular flexibility index (Phi) is 4.76. The Morgan fingerprint density at radius 1 is 1.24 bits per heavy atom. The fourth-order valence-corrected chi connectivity index (χ4v) is 2.48. The number of nitrogens with one attached hydrogen (secondary N) is 1. The minimum atomic E-state index is -0.979. The average Bonchev–Trinajstić information content (AvgIpc) is 3.41. The zero-order chi connectivity index (χ0) is 18.0. The third-order valence-corrected chi connectivity index (χ3v) is 4.33. The molecule has 2 aromatic heterocycles. The second-order valence-corrected chi connectivity index (χ2v) is 6.33. The van der Waals surface area contributed by atoms with Crippen LogP contribution in [0.25, 0.3) is 11.1 Å². The molecule has 1 saturated carbocycles. The number of pyridine rings is 1. The Labute approximate surface area is 145 Å². The van der Waals surface area contributed by atoms with Crippen LogP contribution in [-0.2, 0) is 16.9 Å². The van der Waals surface area contributed by atoms with Crippen molar-refractivity contribution in [1.29, 1.82) is 0 Å². The first-order valence-corrected chi connectivity index (χ1v) is 8.09. The highest BCUT2D eigenvalue weighted by Gasteiger charge is 2.49. The van der Waals surface area contributed by atoms with Crippen LogP contribution in [0.5, 0.6) is 0 Å². The number of hydrogen-bond acceptors (Lipinski definition) is 7. The van der Waals surface area contributed by atoms with Gasteiger partial charge in [0.1, 0.15) is 6.04 Å². The molecule has 5 N–H and O–H groups in total. The molecule has 2 aromatic rings. The molecule has 2 atom stereocenters. The predicted octanol–water partition coefficient (Wildman–Crippen LogP) is -0.156. The van der Waals surface area contributed by atoms with Gasteiger partial charge in [-0.3, -0.25) is 9.78 Å². The Bertz CT molecular complexity index is 742. The molecule has 8 heteroatoms. The quantitative estimate of drug-likeness (QED) is 0.573. The molecule has 0 aliphatic heterocycles. The molecule has 0 bridgehead atoms. The summed E-state index contributed by atoms with van der Waals surface area (Å²) in [7, 11) is 0. The zero-order valence-corrected chi connectivity index (χ0v) is 13.9. The van der Waals surface area contributed by atoms with Gasteiger partial charge in [-0.2, -0.15) is 0 Å². The molecule has 0 aromatic carbocycles. The van der Waals surface area contributed by atoms with Gasteiger partial charge >= 0.3 is 0 Å². The number of hydrogen-bond donors (Lipinski definition) is 4. The van der Waals surface area contributed by atoms with Crippen molar-refractivity contribution < 1.29 is 15.0 Å². The topological polar surface area (TPSA) is 134 Å². The Morgan fingerprint density at radius 3 is 2.36 bits per heavy atom. The molecule has 0 spiro atoms. The van der Waals surface area contributed by atoms with E-state index < -0.39 is 23.6 Å². The van der Waals surface area contributed by atoms with Crippen LogP contribution in [0.3, 0.4) is 0 Å². The number of aromatic nitrogens is 3. The van der Waals surface area contributed by atoms with Crippen molar-refractivity contribution in [3.63, 3.8) is 0 Å². The van der Waals surface area contributed by atoms with Crippen molar-refractivity contribution in [1.82, 2.24) is 20.3 Å². The normalized spacial score (nSPS) is 17.6. The number of aliphatic hydroxyl groups is 2. The third-order valence-electron chi connectivity index (χ3n) is 4.33. The maximum Gasteiger partial charge on any atom is 0.240 e. The molecule has 8 nitrogen and oxygen atoms in total. The van der Waals surface area contributed by atoms with Gasteiger partial charge in [0.05, 0.1) is 23.9 Å². The molecule has 132 valence electrons. The highest BCUT2D eigenvalue weighted by molar-refractivity contribution is 5.83. The summed E-state index contributed by atoms with van der Waals surface area (Å²) in [6.07, 6.45) is 5.56. The van der Waals surface area contributed by atoms with Crippen LogP contribution < -0.4 is 11.1 Å². The smallest absolute Gasteiger partial charge is 0.240 e. The van der Waals surface area contributed by atoms with Crippen LogP contribution in [0.4, 0.5) is 0 Å². The van der Waals surface area contributed by atoms with E-state index in [0.717, 1.165) is 24.0 Å². The van der Waals surface area contributed by atoms with Crippen LogP contribution in [-0.4, -0.2) is 43.2 Å². The molecule has 25 heavy (non-hydrogen) atoms. The van der Waals surface area contributed by atoms with Gasteiger partial charge in [-0.05, 0) is 25.8 Å². The Balaban J connectivity index is 1.74. The summed E-state index contributed by atoms with van der Waals surface area (Å²) in [5.74, 6) is 0.117. The van der Waals surface area contributed by atoms with E-state index in [9.17, 15) is 9.90 Å². The van der Waals surface area contributed by atoms with E-state index in [2.05, 4.69) is 20.3 Å². The van der Waals surface area contributed by atoms with E-state index in [1.165, 1.54) is 6.92 Å². The van der Waals surface area contributed by atoms with Crippen LogP contribution in [0, 0.1) is 0 Å². The molecule has 0 unspecified atom stereocenters. The van der Waals surface area contributed by atoms with E-state index in [1.807, 2.05) is 6.07 Å². The minimum absolute atomic E-state index is 0.105. The van der Waals surface area contributed by atoms with Crippen LogP contribution in [0.15, 0.2) is 30.7 Å².